The van der Waals surface area contributed by atoms with Gasteiger partial charge in [0.05, 0.1) is 7.11 Å². The van der Waals surface area contributed by atoms with E-state index in [1.807, 2.05) is 30.3 Å². The van der Waals surface area contributed by atoms with Gasteiger partial charge in [0, 0.05) is 35.1 Å². The fourth-order valence-corrected chi connectivity index (χ4v) is 3.37. The molecule has 5 heteroatoms. The predicted molar refractivity (Wildman–Crippen MR) is 109 cm³/mol. The number of carbonyl (C=O) groups is 2. The first-order valence-electron chi connectivity index (χ1n) is 9.11. The molecule has 0 bridgehead atoms. The molecule has 5 nitrogen and oxygen atoms in total. The zero-order valence-corrected chi connectivity index (χ0v) is 15.5. The first-order chi connectivity index (χ1) is 13.7. The molecule has 0 saturated carbocycles. The van der Waals surface area contributed by atoms with Gasteiger partial charge in [0.1, 0.15) is 5.75 Å². The van der Waals surface area contributed by atoms with Gasteiger partial charge in [-0.1, -0.05) is 24.3 Å². The first-order valence-corrected chi connectivity index (χ1v) is 9.11. The summed E-state index contributed by atoms with van der Waals surface area (Å²) in [5, 5.41) is 2.84. The van der Waals surface area contributed by atoms with E-state index in [2.05, 4.69) is 11.4 Å². The van der Waals surface area contributed by atoms with Gasteiger partial charge in [-0.25, -0.2) is 0 Å². The fraction of sp³-hybridized carbons (Fsp3) is 0.130. The fourth-order valence-electron chi connectivity index (χ4n) is 3.37. The highest BCUT2D eigenvalue weighted by molar-refractivity contribution is 6.09. The number of benzene rings is 3. The molecule has 1 heterocycles. The molecule has 0 unspecified atom stereocenters. The minimum absolute atomic E-state index is 0.0512. The van der Waals surface area contributed by atoms with E-state index in [1.54, 1.807) is 48.4 Å². The molecule has 1 aliphatic rings. The highest BCUT2D eigenvalue weighted by Crippen LogP contribution is 2.29. The summed E-state index contributed by atoms with van der Waals surface area (Å²) in [6, 6.07) is 21.9. The Bertz CT molecular complexity index is 1030. The lowest BCUT2D eigenvalue weighted by Gasteiger charge is -2.17. The summed E-state index contributed by atoms with van der Waals surface area (Å²) in [7, 11) is 1.58. The van der Waals surface area contributed by atoms with Crippen molar-refractivity contribution < 1.29 is 14.3 Å². The Kier molecular flexibility index (Phi) is 4.81. The van der Waals surface area contributed by atoms with Crippen molar-refractivity contribution in [2.75, 3.05) is 23.9 Å². The van der Waals surface area contributed by atoms with Crippen LogP contribution in [0.1, 0.15) is 26.3 Å². The zero-order valence-electron chi connectivity index (χ0n) is 15.5. The van der Waals surface area contributed by atoms with Gasteiger partial charge in [-0.2, -0.15) is 0 Å². The largest absolute Gasteiger partial charge is 0.497 e. The lowest BCUT2D eigenvalue weighted by Crippen LogP contribution is -2.28. The van der Waals surface area contributed by atoms with E-state index in [9.17, 15) is 9.59 Å². The second kappa shape index (κ2) is 7.56. The lowest BCUT2D eigenvalue weighted by molar-refractivity contribution is 0.0986. The number of fused-ring (bicyclic) bond motifs is 1. The summed E-state index contributed by atoms with van der Waals surface area (Å²) < 4.78 is 5.16. The summed E-state index contributed by atoms with van der Waals surface area (Å²) in [5.74, 6) is 0.383. The van der Waals surface area contributed by atoms with Gasteiger partial charge in [0.25, 0.3) is 11.8 Å². The van der Waals surface area contributed by atoms with Crippen LogP contribution < -0.4 is 15.0 Å². The Morgan fingerprint density at radius 3 is 2.46 bits per heavy atom. The minimum Gasteiger partial charge on any atom is -0.497 e. The Morgan fingerprint density at radius 1 is 0.929 bits per heavy atom. The number of ether oxygens (including phenoxy) is 1. The molecule has 0 fully saturated rings. The standard InChI is InChI=1S/C23H20N2O3/c1-28-20-7-4-6-19(15-20)24-22(26)17-9-11-18(12-10-17)23(27)25-14-13-16-5-2-3-8-21(16)25/h2-12,15H,13-14H2,1H3,(H,24,26). The van der Waals surface area contributed by atoms with Crippen molar-refractivity contribution in [1.29, 1.82) is 0 Å². The minimum atomic E-state index is -0.237. The summed E-state index contributed by atoms with van der Waals surface area (Å²) in [6.45, 7) is 0.677. The Labute approximate surface area is 163 Å². The van der Waals surface area contributed by atoms with E-state index in [1.165, 1.54) is 5.56 Å². The van der Waals surface area contributed by atoms with Crippen LogP contribution in [0, 0.1) is 0 Å². The molecule has 28 heavy (non-hydrogen) atoms. The average Bonchev–Trinajstić information content (AvgIpc) is 3.17. The Balaban J connectivity index is 1.48. The summed E-state index contributed by atoms with van der Waals surface area (Å²) in [5.41, 5.74) is 3.85. The van der Waals surface area contributed by atoms with Crippen LogP contribution in [0.2, 0.25) is 0 Å². The molecule has 3 aromatic carbocycles. The maximum Gasteiger partial charge on any atom is 0.258 e. The van der Waals surface area contributed by atoms with Crippen LogP contribution in [-0.2, 0) is 6.42 Å². The summed E-state index contributed by atoms with van der Waals surface area (Å²) in [4.78, 5) is 27.1. The van der Waals surface area contributed by atoms with E-state index in [0.29, 0.717) is 29.1 Å². The third-order valence-corrected chi connectivity index (χ3v) is 4.85. The molecule has 140 valence electrons. The first kappa shape index (κ1) is 17.8. The third-order valence-electron chi connectivity index (χ3n) is 4.85. The third kappa shape index (κ3) is 3.47. The van der Waals surface area contributed by atoms with E-state index in [-0.39, 0.29) is 11.8 Å². The molecule has 4 rings (SSSR count). The second-order valence-corrected chi connectivity index (χ2v) is 6.60. The van der Waals surface area contributed by atoms with Crippen molar-refractivity contribution in [2.24, 2.45) is 0 Å². The molecular formula is C23H20N2O3. The second-order valence-electron chi connectivity index (χ2n) is 6.60. The summed E-state index contributed by atoms with van der Waals surface area (Å²) >= 11 is 0. The number of carbonyl (C=O) groups excluding carboxylic acids is 2. The van der Waals surface area contributed by atoms with Crippen LogP contribution in [-0.4, -0.2) is 25.5 Å². The van der Waals surface area contributed by atoms with Gasteiger partial charge < -0.3 is 15.0 Å². The Hall–Kier alpha value is -3.60. The smallest absolute Gasteiger partial charge is 0.258 e. The van der Waals surface area contributed by atoms with E-state index in [0.717, 1.165) is 12.1 Å². The van der Waals surface area contributed by atoms with E-state index in [4.69, 9.17) is 4.74 Å². The molecule has 2 amide bonds. The lowest BCUT2D eigenvalue weighted by atomic mass is 10.1. The quantitative estimate of drug-likeness (QED) is 0.748. The highest BCUT2D eigenvalue weighted by Gasteiger charge is 2.25. The number of hydrogen-bond donors (Lipinski definition) is 1. The van der Waals surface area contributed by atoms with Crippen molar-refractivity contribution in [3.63, 3.8) is 0 Å². The normalized spacial score (nSPS) is 12.4. The van der Waals surface area contributed by atoms with Crippen molar-refractivity contribution >= 4 is 23.2 Å². The van der Waals surface area contributed by atoms with Crippen LogP contribution in [0.25, 0.3) is 0 Å². The number of hydrogen-bond acceptors (Lipinski definition) is 3. The monoisotopic (exact) mass is 372 g/mol. The molecule has 0 spiro atoms. The molecule has 0 radical (unpaired) electrons. The van der Waals surface area contributed by atoms with Gasteiger partial charge in [0.15, 0.2) is 0 Å². The van der Waals surface area contributed by atoms with Crippen molar-refractivity contribution in [1.82, 2.24) is 0 Å². The molecule has 0 atom stereocenters. The molecular weight excluding hydrogens is 352 g/mol. The zero-order chi connectivity index (χ0) is 19.5. The van der Waals surface area contributed by atoms with Crippen LogP contribution in [0.5, 0.6) is 5.75 Å². The maximum absolute atomic E-state index is 12.9. The van der Waals surface area contributed by atoms with Crippen LogP contribution in [0.15, 0.2) is 72.8 Å². The summed E-state index contributed by atoms with van der Waals surface area (Å²) in [6.07, 6.45) is 0.864. The highest BCUT2D eigenvalue weighted by atomic mass is 16.5. The maximum atomic E-state index is 12.9. The van der Waals surface area contributed by atoms with Crippen molar-refractivity contribution in [3.8, 4) is 5.75 Å². The number of para-hydroxylation sites is 1. The molecule has 1 N–H and O–H groups in total. The van der Waals surface area contributed by atoms with Gasteiger partial charge in [0.2, 0.25) is 0 Å². The average molecular weight is 372 g/mol. The predicted octanol–water partition coefficient (Wildman–Crippen LogP) is 4.15. The van der Waals surface area contributed by atoms with Gasteiger partial charge in [-0.3, -0.25) is 9.59 Å². The van der Waals surface area contributed by atoms with Crippen molar-refractivity contribution in [3.05, 3.63) is 89.5 Å². The number of amides is 2. The van der Waals surface area contributed by atoms with Gasteiger partial charge in [-0.05, 0) is 54.4 Å². The SMILES string of the molecule is COc1cccc(NC(=O)c2ccc(C(=O)N3CCc4ccccc43)cc2)c1. The molecule has 0 saturated heterocycles. The van der Waals surface area contributed by atoms with Crippen LogP contribution in [0.3, 0.4) is 0 Å². The van der Waals surface area contributed by atoms with Gasteiger partial charge in [-0.15, -0.1) is 0 Å². The van der Waals surface area contributed by atoms with Crippen molar-refractivity contribution in [2.45, 2.75) is 6.42 Å². The topological polar surface area (TPSA) is 58.6 Å². The number of anilines is 2. The number of methoxy groups -OCH3 is 1. The van der Waals surface area contributed by atoms with E-state index >= 15 is 0 Å². The van der Waals surface area contributed by atoms with Crippen LogP contribution >= 0.6 is 0 Å². The van der Waals surface area contributed by atoms with Gasteiger partial charge >= 0.3 is 0 Å². The molecule has 3 aromatic rings. The molecule has 0 aliphatic carbocycles. The Morgan fingerprint density at radius 2 is 1.68 bits per heavy atom. The molecule has 1 aliphatic heterocycles. The number of rotatable bonds is 4. The van der Waals surface area contributed by atoms with E-state index < -0.39 is 0 Å². The molecule has 0 aromatic heterocycles. The number of nitrogens with one attached hydrogen (secondary N) is 1. The number of nitrogens with zero attached hydrogens (tertiary/aromatic N) is 1. The van der Waals surface area contributed by atoms with Crippen LogP contribution in [0.4, 0.5) is 11.4 Å².